The van der Waals surface area contributed by atoms with Crippen molar-refractivity contribution in [2.75, 3.05) is 16.4 Å². The number of ether oxygens (including phenoxy) is 1. The van der Waals surface area contributed by atoms with Crippen LogP contribution in [0.3, 0.4) is 0 Å². The Morgan fingerprint density at radius 3 is 1.50 bits per heavy atom. The standard InChI is InChI=1S/C31H29BrN2O6/c1-6-40-29(39)20-17(4)31(32)23-21(25(35)33(27(23)37)18-11-7-15(2)8-12-18)30(20,5)22-24(31)28(38)34(26(22)36)19-13-9-16(3)10-14-19/h7-14,21-24H,6H2,1-5H3/t21-,22+,23-,24+,30?,31?. The topological polar surface area (TPSA) is 101 Å². The summed E-state index contributed by atoms with van der Waals surface area (Å²) in [6.45, 7) is 8.96. The molecule has 5 aliphatic rings. The molecule has 7 rings (SSSR count). The molecule has 6 atom stereocenters. The van der Waals surface area contributed by atoms with E-state index in [9.17, 15) is 24.0 Å². The van der Waals surface area contributed by atoms with E-state index in [1.54, 1.807) is 45.0 Å². The van der Waals surface area contributed by atoms with Crippen molar-refractivity contribution in [2.45, 2.75) is 38.9 Å². The average molecular weight is 605 g/mol. The summed E-state index contributed by atoms with van der Waals surface area (Å²) in [5.74, 6) is -6.67. The van der Waals surface area contributed by atoms with Gasteiger partial charge in [-0.3, -0.25) is 19.2 Å². The quantitative estimate of drug-likeness (QED) is 0.294. The predicted molar refractivity (Wildman–Crippen MR) is 150 cm³/mol. The molecule has 2 bridgehead atoms. The second-order valence-electron chi connectivity index (χ2n) is 11.4. The maximum absolute atomic E-state index is 14.3. The molecule has 0 N–H and O–H groups in total. The van der Waals surface area contributed by atoms with Crippen LogP contribution in [0.15, 0.2) is 59.7 Å². The third-order valence-electron chi connectivity index (χ3n) is 9.36. The number of carbonyl (C=O) groups is 5. The minimum absolute atomic E-state index is 0.0912. The number of amides is 4. The summed E-state index contributed by atoms with van der Waals surface area (Å²) >= 11 is 3.79. The Hall–Kier alpha value is -3.59. The van der Waals surface area contributed by atoms with Crippen molar-refractivity contribution in [3.63, 3.8) is 0 Å². The van der Waals surface area contributed by atoms with Gasteiger partial charge in [-0.1, -0.05) is 58.2 Å². The lowest BCUT2D eigenvalue weighted by atomic mass is 9.43. The largest absolute Gasteiger partial charge is 0.463 e. The van der Waals surface area contributed by atoms with Crippen molar-refractivity contribution in [1.82, 2.24) is 0 Å². The Labute approximate surface area is 240 Å². The average Bonchev–Trinajstić information content (AvgIpc) is 3.34. The Morgan fingerprint density at radius 1 is 0.750 bits per heavy atom. The fraction of sp³-hybridized carbons (Fsp3) is 0.387. The highest BCUT2D eigenvalue weighted by Gasteiger charge is 2.81. The molecule has 2 saturated heterocycles. The molecule has 2 unspecified atom stereocenters. The van der Waals surface area contributed by atoms with Gasteiger partial charge in [-0.25, -0.2) is 14.6 Å². The van der Waals surface area contributed by atoms with E-state index < -0.39 is 63.0 Å². The van der Waals surface area contributed by atoms with Crippen molar-refractivity contribution < 1.29 is 28.7 Å². The van der Waals surface area contributed by atoms with Crippen LogP contribution in [0.2, 0.25) is 0 Å². The summed E-state index contributed by atoms with van der Waals surface area (Å²) < 4.78 is 4.00. The minimum Gasteiger partial charge on any atom is -0.463 e. The van der Waals surface area contributed by atoms with Crippen LogP contribution in [0.5, 0.6) is 0 Å². The molecule has 3 fully saturated rings. The minimum atomic E-state index is -1.46. The summed E-state index contributed by atoms with van der Waals surface area (Å²) in [6, 6.07) is 14.1. The molecular formula is C31H29BrN2O6. The number of hydrogen-bond donors (Lipinski definition) is 0. The van der Waals surface area contributed by atoms with Gasteiger partial charge in [0.25, 0.3) is 0 Å². The van der Waals surface area contributed by atoms with E-state index in [-0.39, 0.29) is 12.2 Å². The second kappa shape index (κ2) is 8.70. The maximum Gasteiger partial charge on any atom is 0.334 e. The van der Waals surface area contributed by atoms with Crippen LogP contribution in [0, 0.1) is 42.9 Å². The van der Waals surface area contributed by atoms with Crippen LogP contribution in [0.4, 0.5) is 11.4 Å². The fourth-order valence-corrected chi connectivity index (χ4v) is 8.75. The molecule has 0 aromatic heterocycles. The zero-order valence-electron chi connectivity index (χ0n) is 22.9. The lowest BCUT2D eigenvalue weighted by Gasteiger charge is -2.59. The zero-order chi connectivity index (χ0) is 28.9. The first-order chi connectivity index (χ1) is 18.9. The second-order valence-corrected chi connectivity index (χ2v) is 12.7. The molecule has 2 aromatic rings. The summed E-state index contributed by atoms with van der Waals surface area (Å²) in [5.41, 5.74) is 1.94. The lowest BCUT2D eigenvalue weighted by Crippen LogP contribution is -2.67. The van der Waals surface area contributed by atoms with E-state index in [0.717, 1.165) is 20.9 Å². The Morgan fingerprint density at radius 2 is 1.12 bits per heavy atom. The molecule has 0 radical (unpaired) electrons. The lowest BCUT2D eigenvalue weighted by molar-refractivity contribution is -0.152. The number of halogens is 1. The van der Waals surface area contributed by atoms with Gasteiger partial charge in [-0.2, -0.15) is 0 Å². The Bertz CT molecular complexity index is 1450. The van der Waals surface area contributed by atoms with Gasteiger partial charge in [-0.05, 0) is 57.5 Å². The number of hydrogen-bond acceptors (Lipinski definition) is 6. The van der Waals surface area contributed by atoms with Crippen LogP contribution in [0.1, 0.15) is 31.9 Å². The van der Waals surface area contributed by atoms with Crippen molar-refractivity contribution in [3.8, 4) is 0 Å². The summed E-state index contributed by atoms with van der Waals surface area (Å²) in [6.07, 6.45) is 0. The number of alkyl halides is 1. The SMILES string of the molecule is CCOC(=O)C1=C(C)C2(Br)[C@@H]3C(=O)N(c4ccc(C)cc4)C(=O)[C@H]3C1(C)[C@H]1C(=O)N(c3ccc(C)cc3)C(=O)[C@@H]12. The first-order valence-electron chi connectivity index (χ1n) is 13.4. The van der Waals surface area contributed by atoms with Crippen molar-refractivity contribution in [3.05, 3.63) is 70.8 Å². The van der Waals surface area contributed by atoms with Gasteiger partial charge in [0.15, 0.2) is 0 Å². The number of allylic oxidation sites excluding steroid dienone is 1. The number of nitrogens with zero attached hydrogens (tertiary/aromatic N) is 2. The molecule has 2 aromatic carbocycles. The van der Waals surface area contributed by atoms with E-state index >= 15 is 0 Å². The smallest absolute Gasteiger partial charge is 0.334 e. The van der Waals surface area contributed by atoms with E-state index in [4.69, 9.17) is 4.74 Å². The van der Waals surface area contributed by atoms with Gasteiger partial charge in [-0.15, -0.1) is 0 Å². The van der Waals surface area contributed by atoms with Crippen molar-refractivity contribution in [2.24, 2.45) is 29.1 Å². The van der Waals surface area contributed by atoms with E-state index in [2.05, 4.69) is 15.9 Å². The first kappa shape index (κ1) is 26.6. The highest BCUT2D eigenvalue weighted by molar-refractivity contribution is 9.10. The van der Waals surface area contributed by atoms with Crippen molar-refractivity contribution in [1.29, 1.82) is 0 Å². The van der Waals surface area contributed by atoms with E-state index in [1.807, 2.05) is 38.1 Å². The van der Waals surface area contributed by atoms with Gasteiger partial charge in [0.05, 0.1) is 46.0 Å². The highest BCUT2D eigenvalue weighted by atomic mass is 79.9. The van der Waals surface area contributed by atoms with E-state index in [0.29, 0.717) is 16.9 Å². The van der Waals surface area contributed by atoms with Crippen molar-refractivity contribution >= 4 is 56.9 Å². The number of aryl methyl sites for hydroxylation is 2. The molecular weight excluding hydrogens is 576 g/mol. The number of anilines is 2. The molecule has 4 amide bonds. The molecule has 2 heterocycles. The summed E-state index contributed by atoms with van der Waals surface area (Å²) in [5, 5.41) is 0. The highest BCUT2D eigenvalue weighted by Crippen LogP contribution is 2.72. The molecule has 40 heavy (non-hydrogen) atoms. The number of imide groups is 2. The number of benzene rings is 2. The number of rotatable bonds is 4. The summed E-state index contributed by atoms with van der Waals surface area (Å²) in [7, 11) is 0. The molecule has 206 valence electrons. The van der Waals surface area contributed by atoms with Crippen LogP contribution >= 0.6 is 15.9 Å². The monoisotopic (exact) mass is 604 g/mol. The third-order valence-corrected chi connectivity index (χ3v) is 10.9. The fourth-order valence-electron chi connectivity index (χ4n) is 7.63. The van der Waals surface area contributed by atoms with Gasteiger partial charge in [0, 0.05) is 11.0 Å². The Kier molecular flexibility index (Phi) is 5.79. The Balaban J connectivity index is 1.58. The van der Waals surface area contributed by atoms with Crippen LogP contribution in [0.25, 0.3) is 0 Å². The van der Waals surface area contributed by atoms with Gasteiger partial charge < -0.3 is 4.74 Å². The zero-order valence-corrected chi connectivity index (χ0v) is 24.4. The van der Waals surface area contributed by atoms with Crippen LogP contribution < -0.4 is 9.80 Å². The van der Waals surface area contributed by atoms with Gasteiger partial charge in [0.1, 0.15) is 0 Å². The first-order valence-corrected chi connectivity index (χ1v) is 14.2. The predicted octanol–water partition coefficient (Wildman–Crippen LogP) is 4.26. The molecule has 2 aliphatic heterocycles. The van der Waals surface area contributed by atoms with E-state index in [1.165, 1.54) is 0 Å². The molecule has 3 aliphatic carbocycles. The number of esters is 1. The third kappa shape index (κ3) is 3.09. The normalized spacial score (nSPS) is 32.6. The van der Waals surface area contributed by atoms with Crippen LogP contribution in [-0.4, -0.2) is 40.5 Å². The molecule has 0 spiro atoms. The maximum atomic E-state index is 14.3. The summed E-state index contributed by atoms with van der Waals surface area (Å²) in [4.78, 5) is 72.8. The van der Waals surface area contributed by atoms with Gasteiger partial charge >= 0.3 is 5.97 Å². The number of carbonyl (C=O) groups excluding carboxylic acids is 5. The van der Waals surface area contributed by atoms with Crippen LogP contribution in [-0.2, 0) is 28.7 Å². The van der Waals surface area contributed by atoms with Gasteiger partial charge in [0.2, 0.25) is 23.6 Å². The molecule has 1 saturated carbocycles. The molecule has 9 heteroatoms. The molecule has 8 nitrogen and oxygen atoms in total.